The number of aliphatic hydroxyl groups excluding tert-OH is 2. The monoisotopic (exact) mass is 612 g/mol. The third-order valence-corrected chi connectivity index (χ3v) is 9.25. The minimum absolute atomic E-state index is 0.0580. The van der Waals surface area contributed by atoms with E-state index in [9.17, 15) is 39.5 Å². The van der Waals surface area contributed by atoms with Gasteiger partial charge in [0.05, 0.1) is 25.2 Å². The van der Waals surface area contributed by atoms with Crippen LogP contribution in [0, 0.1) is 16.7 Å². The zero-order valence-electron chi connectivity index (χ0n) is 22.7. The molecule has 5 unspecified atom stereocenters. The average Bonchev–Trinajstić information content (AvgIpc) is 3.14. The molecule has 2 heterocycles. The SMILES string of the molecule is CC(C)(CO)C(=O)SCCOP(=O)(NCc1ccccc1)OCC1OC(C#N)(n2ccc(=O)[nH]c2=O)C(C)(O)C1O. The lowest BCUT2D eigenvalue weighted by atomic mass is 9.88. The number of H-pyrrole nitrogens is 1. The molecule has 1 saturated heterocycles. The molecule has 1 aromatic heterocycles. The van der Waals surface area contributed by atoms with Crippen molar-refractivity contribution in [1.82, 2.24) is 14.6 Å². The number of benzene rings is 1. The van der Waals surface area contributed by atoms with Crippen LogP contribution in [0.2, 0.25) is 0 Å². The first-order chi connectivity index (χ1) is 19.2. The highest BCUT2D eigenvalue weighted by atomic mass is 32.2. The third kappa shape index (κ3) is 7.23. The highest BCUT2D eigenvalue weighted by Gasteiger charge is 2.65. The molecule has 224 valence electrons. The molecule has 1 aliphatic heterocycles. The predicted molar refractivity (Wildman–Crippen MR) is 148 cm³/mol. The number of nitriles is 1. The summed E-state index contributed by atoms with van der Waals surface area (Å²) in [5, 5.41) is 43.7. The molecule has 0 radical (unpaired) electrons. The van der Waals surface area contributed by atoms with Crippen LogP contribution < -0.4 is 16.3 Å². The van der Waals surface area contributed by atoms with Crippen LogP contribution in [0.1, 0.15) is 26.3 Å². The van der Waals surface area contributed by atoms with Crippen molar-refractivity contribution in [3.05, 3.63) is 69.0 Å². The molecule has 14 nitrogen and oxygen atoms in total. The fourth-order valence-electron chi connectivity index (χ4n) is 3.89. The lowest BCUT2D eigenvalue weighted by Gasteiger charge is -2.34. The molecule has 0 bridgehead atoms. The van der Waals surface area contributed by atoms with Crippen molar-refractivity contribution in [2.24, 2.45) is 5.41 Å². The Hall–Kier alpha value is -2.64. The van der Waals surface area contributed by atoms with Gasteiger partial charge in [0, 0.05) is 24.6 Å². The summed E-state index contributed by atoms with van der Waals surface area (Å²) in [6.07, 6.45) is -2.33. The Morgan fingerprint density at radius 2 is 1.98 bits per heavy atom. The molecule has 41 heavy (non-hydrogen) atoms. The standard InChI is InChI=1S/C25H33N4O10PS/c1-23(2,16-30)21(33)41-12-11-37-40(36,27-13-17-7-5-4-6-8-17)38-14-18-20(32)24(3,35)25(15-26,39-18)29-10-9-19(31)28-22(29)34/h4-10,18,20,30,32,35H,11-14,16H2,1-3H3,(H,27,36)(H,28,31,34). The second-order valence-electron chi connectivity index (χ2n) is 10.1. The van der Waals surface area contributed by atoms with Crippen molar-refractivity contribution in [3.63, 3.8) is 0 Å². The van der Waals surface area contributed by atoms with E-state index in [0.29, 0.717) is 4.57 Å². The maximum Gasteiger partial charge on any atom is 0.405 e. The van der Waals surface area contributed by atoms with Gasteiger partial charge in [-0.3, -0.25) is 28.2 Å². The summed E-state index contributed by atoms with van der Waals surface area (Å²) in [6, 6.07) is 11.5. The van der Waals surface area contributed by atoms with Crippen LogP contribution in [0.3, 0.4) is 0 Å². The summed E-state index contributed by atoms with van der Waals surface area (Å²) in [4.78, 5) is 38.2. The van der Waals surface area contributed by atoms with Gasteiger partial charge in [-0.1, -0.05) is 42.1 Å². The second-order valence-corrected chi connectivity index (χ2v) is 13.0. The second kappa shape index (κ2) is 13.1. The number of nitrogens with one attached hydrogen (secondary N) is 2. The van der Waals surface area contributed by atoms with Gasteiger partial charge in [0.1, 0.15) is 18.3 Å². The number of nitrogens with zero attached hydrogens (tertiary/aromatic N) is 2. The van der Waals surface area contributed by atoms with E-state index in [1.165, 1.54) is 0 Å². The van der Waals surface area contributed by atoms with Crippen molar-refractivity contribution >= 4 is 24.6 Å². The number of carbonyl (C=O) groups excluding carboxylic acids is 1. The van der Waals surface area contributed by atoms with Crippen LogP contribution in [-0.4, -0.2) is 73.4 Å². The zero-order chi connectivity index (χ0) is 30.5. The first-order valence-electron chi connectivity index (χ1n) is 12.5. The lowest BCUT2D eigenvalue weighted by Crippen LogP contribution is -2.58. The van der Waals surface area contributed by atoms with Crippen LogP contribution in [-0.2, 0) is 35.4 Å². The number of ether oxygens (including phenoxy) is 1. The Morgan fingerprint density at radius 3 is 2.59 bits per heavy atom. The third-order valence-electron chi connectivity index (χ3n) is 6.50. The van der Waals surface area contributed by atoms with Crippen LogP contribution in [0.5, 0.6) is 0 Å². The van der Waals surface area contributed by atoms with Gasteiger partial charge >= 0.3 is 13.4 Å². The molecule has 0 aliphatic carbocycles. The average molecular weight is 613 g/mol. The molecular formula is C25H33N4O10PS. The van der Waals surface area contributed by atoms with Gasteiger partial charge in [-0.15, -0.1) is 0 Å². The van der Waals surface area contributed by atoms with Gasteiger partial charge in [0.15, 0.2) is 10.7 Å². The molecule has 5 N–H and O–H groups in total. The van der Waals surface area contributed by atoms with E-state index in [2.05, 4.69) is 5.09 Å². The fourth-order valence-corrected chi connectivity index (χ4v) is 6.12. The van der Waals surface area contributed by atoms with Crippen LogP contribution >= 0.6 is 19.5 Å². The maximum atomic E-state index is 13.7. The Morgan fingerprint density at radius 1 is 1.29 bits per heavy atom. The molecular weight excluding hydrogens is 579 g/mol. The van der Waals surface area contributed by atoms with Gasteiger partial charge < -0.3 is 20.1 Å². The van der Waals surface area contributed by atoms with Crippen molar-refractivity contribution in [2.75, 3.05) is 25.6 Å². The van der Waals surface area contributed by atoms with E-state index in [-0.39, 0.29) is 30.6 Å². The molecule has 1 aromatic carbocycles. The van der Waals surface area contributed by atoms with E-state index in [1.807, 2.05) is 4.98 Å². The van der Waals surface area contributed by atoms with Crippen molar-refractivity contribution in [2.45, 2.75) is 50.8 Å². The molecule has 1 aliphatic rings. The maximum absolute atomic E-state index is 13.7. The summed E-state index contributed by atoms with van der Waals surface area (Å²) in [5.74, 6) is 0.0898. The van der Waals surface area contributed by atoms with E-state index in [1.54, 1.807) is 50.2 Å². The van der Waals surface area contributed by atoms with Crippen LogP contribution in [0.25, 0.3) is 0 Å². The van der Waals surface area contributed by atoms with E-state index in [4.69, 9.17) is 13.8 Å². The van der Waals surface area contributed by atoms with Gasteiger partial charge in [-0.25, -0.2) is 14.4 Å². The summed E-state index contributed by atoms with van der Waals surface area (Å²) < 4.78 is 31.0. The van der Waals surface area contributed by atoms with Gasteiger partial charge in [-0.2, -0.15) is 5.26 Å². The smallest absolute Gasteiger partial charge is 0.395 e. The van der Waals surface area contributed by atoms with Crippen molar-refractivity contribution in [3.8, 4) is 6.07 Å². The molecule has 2 aromatic rings. The molecule has 0 spiro atoms. The minimum Gasteiger partial charge on any atom is -0.395 e. The number of aromatic nitrogens is 2. The number of hydrogen-bond acceptors (Lipinski definition) is 12. The van der Waals surface area contributed by atoms with Gasteiger partial charge in [0.2, 0.25) is 0 Å². The summed E-state index contributed by atoms with van der Waals surface area (Å²) in [5.41, 5.74) is -6.89. The highest BCUT2D eigenvalue weighted by molar-refractivity contribution is 8.13. The number of thioether (sulfide) groups is 1. The largest absolute Gasteiger partial charge is 0.405 e. The zero-order valence-corrected chi connectivity index (χ0v) is 24.4. The number of aliphatic hydroxyl groups is 3. The summed E-state index contributed by atoms with van der Waals surface area (Å²) in [7, 11) is -4.15. The Kier molecular flexibility index (Phi) is 10.5. The topological polar surface area (TPSA) is 213 Å². The Labute approximate surface area is 239 Å². The van der Waals surface area contributed by atoms with E-state index >= 15 is 0 Å². The fraction of sp³-hybridized carbons (Fsp3) is 0.520. The van der Waals surface area contributed by atoms with E-state index in [0.717, 1.165) is 36.5 Å². The molecule has 1 fully saturated rings. The van der Waals surface area contributed by atoms with Gasteiger partial charge in [0.25, 0.3) is 11.3 Å². The lowest BCUT2D eigenvalue weighted by molar-refractivity contribution is -0.151. The van der Waals surface area contributed by atoms with Crippen LogP contribution in [0.15, 0.2) is 52.2 Å². The predicted octanol–water partition coefficient (Wildman–Crippen LogP) is 0.433. The first-order valence-corrected chi connectivity index (χ1v) is 15.0. The van der Waals surface area contributed by atoms with Crippen LogP contribution in [0.4, 0.5) is 0 Å². The number of carbonyl (C=O) groups is 1. The highest BCUT2D eigenvalue weighted by Crippen LogP contribution is 2.47. The van der Waals surface area contributed by atoms with E-state index < -0.39 is 54.6 Å². The van der Waals surface area contributed by atoms with Gasteiger partial charge in [-0.05, 0) is 26.3 Å². The van der Waals surface area contributed by atoms with Crippen molar-refractivity contribution < 1.29 is 38.5 Å². The summed E-state index contributed by atoms with van der Waals surface area (Å²) >= 11 is 0.890. The quantitative estimate of drug-likeness (QED) is 0.154. The molecule has 0 amide bonds. The van der Waals surface area contributed by atoms with Crippen molar-refractivity contribution in [1.29, 1.82) is 5.26 Å². The normalized spacial score (nSPS) is 25.9. The number of aromatic amines is 1. The summed E-state index contributed by atoms with van der Waals surface area (Å²) in [6.45, 7) is 3.11. The molecule has 0 saturated carbocycles. The molecule has 5 atom stereocenters. The first kappa shape index (κ1) is 32.9. The molecule has 3 rings (SSSR count). The number of rotatable bonds is 13. The number of hydrogen-bond donors (Lipinski definition) is 5. The molecule has 16 heteroatoms. The minimum atomic E-state index is -4.15. The Balaban J connectivity index is 1.77. The Bertz CT molecular complexity index is 1420.